The van der Waals surface area contributed by atoms with Crippen molar-refractivity contribution in [2.24, 2.45) is 0 Å². The lowest BCUT2D eigenvalue weighted by Gasteiger charge is -2.15. The van der Waals surface area contributed by atoms with Crippen molar-refractivity contribution < 1.29 is 22.7 Å². The Labute approximate surface area is 194 Å². The molecule has 0 unspecified atom stereocenters. The molecule has 0 aliphatic carbocycles. The molecule has 0 aliphatic rings. The van der Waals surface area contributed by atoms with Crippen LogP contribution in [-0.4, -0.2) is 28.5 Å². The largest absolute Gasteiger partial charge is 0.497 e. The Morgan fingerprint density at radius 2 is 1.64 bits per heavy atom. The Morgan fingerprint density at radius 3 is 2.27 bits per heavy atom. The van der Waals surface area contributed by atoms with Gasteiger partial charge in [0.1, 0.15) is 11.5 Å². The second-order valence-electron chi connectivity index (χ2n) is 7.54. The van der Waals surface area contributed by atoms with Gasteiger partial charge in [0, 0.05) is 23.7 Å². The van der Waals surface area contributed by atoms with Gasteiger partial charge in [-0.05, 0) is 55.3 Å². The average molecular weight is 469 g/mol. The molecule has 0 atom stereocenters. The highest BCUT2D eigenvalue weighted by Gasteiger charge is 2.18. The summed E-state index contributed by atoms with van der Waals surface area (Å²) in [6, 6.07) is 17.1. The zero-order chi connectivity index (χ0) is 24.0. The van der Waals surface area contributed by atoms with Gasteiger partial charge in [0.15, 0.2) is 0 Å². The van der Waals surface area contributed by atoms with E-state index in [1.165, 1.54) is 26.4 Å². The lowest BCUT2D eigenvalue weighted by Crippen LogP contribution is -2.14. The molecule has 0 aliphatic heterocycles. The van der Waals surface area contributed by atoms with E-state index in [1.54, 1.807) is 30.3 Å². The van der Waals surface area contributed by atoms with Crippen molar-refractivity contribution in [1.82, 2.24) is 0 Å². The summed E-state index contributed by atoms with van der Waals surface area (Å²) in [4.78, 5) is 12.2. The molecule has 174 valence electrons. The normalized spacial score (nSPS) is 11.0. The minimum atomic E-state index is -3.87. The zero-order valence-electron chi connectivity index (χ0n) is 19.1. The van der Waals surface area contributed by atoms with Crippen molar-refractivity contribution in [2.45, 2.75) is 31.6 Å². The number of carbonyl (C=O) groups excluding carboxylic acids is 1. The third-order valence-electron chi connectivity index (χ3n) is 5.05. The topological polar surface area (TPSA) is 93.7 Å². The minimum absolute atomic E-state index is 0.0572. The van der Waals surface area contributed by atoms with Gasteiger partial charge in [-0.1, -0.05) is 30.7 Å². The lowest BCUT2D eigenvalue weighted by atomic mass is 10.0. The Hall–Kier alpha value is -3.52. The SMILES string of the molecule is CCCC(=O)Nc1ccc(C)cc1-c1ccc(S(=O)(=O)Nc2cc(OC)ccc2OC)cc1. The molecular formula is C25H28N2O5S. The Bertz CT molecular complexity index is 1240. The molecule has 2 N–H and O–H groups in total. The smallest absolute Gasteiger partial charge is 0.262 e. The monoisotopic (exact) mass is 468 g/mol. The number of nitrogens with one attached hydrogen (secondary N) is 2. The summed E-state index contributed by atoms with van der Waals surface area (Å²) >= 11 is 0. The summed E-state index contributed by atoms with van der Waals surface area (Å²) in [5.41, 5.74) is 3.62. The second-order valence-corrected chi connectivity index (χ2v) is 9.23. The lowest BCUT2D eigenvalue weighted by molar-refractivity contribution is -0.116. The van der Waals surface area contributed by atoms with Crippen LogP contribution in [0.5, 0.6) is 11.5 Å². The van der Waals surface area contributed by atoms with Crippen LogP contribution in [0.25, 0.3) is 11.1 Å². The molecule has 0 saturated heterocycles. The van der Waals surface area contributed by atoms with E-state index in [0.717, 1.165) is 23.1 Å². The number of amides is 1. The van der Waals surface area contributed by atoms with Gasteiger partial charge in [-0.25, -0.2) is 8.42 Å². The van der Waals surface area contributed by atoms with E-state index < -0.39 is 10.0 Å². The number of benzene rings is 3. The van der Waals surface area contributed by atoms with Crippen molar-refractivity contribution in [3.8, 4) is 22.6 Å². The van der Waals surface area contributed by atoms with E-state index in [0.29, 0.717) is 23.6 Å². The van der Waals surface area contributed by atoms with Crippen LogP contribution in [0.15, 0.2) is 65.6 Å². The molecule has 0 radical (unpaired) electrons. The summed E-state index contributed by atoms with van der Waals surface area (Å²) in [5.74, 6) is 0.822. The predicted octanol–water partition coefficient (Wildman–Crippen LogP) is 5.22. The summed E-state index contributed by atoms with van der Waals surface area (Å²) in [6.07, 6.45) is 1.19. The fraction of sp³-hybridized carbons (Fsp3) is 0.240. The first-order valence-corrected chi connectivity index (χ1v) is 12.0. The fourth-order valence-corrected chi connectivity index (χ4v) is 4.42. The van der Waals surface area contributed by atoms with E-state index in [2.05, 4.69) is 10.0 Å². The van der Waals surface area contributed by atoms with Crippen LogP contribution in [0.3, 0.4) is 0 Å². The van der Waals surface area contributed by atoms with E-state index in [9.17, 15) is 13.2 Å². The number of sulfonamides is 1. The number of methoxy groups -OCH3 is 2. The van der Waals surface area contributed by atoms with Gasteiger partial charge in [0.05, 0.1) is 24.8 Å². The van der Waals surface area contributed by atoms with Crippen molar-refractivity contribution in [3.05, 3.63) is 66.2 Å². The number of anilines is 2. The predicted molar refractivity (Wildman–Crippen MR) is 131 cm³/mol. The van der Waals surface area contributed by atoms with Gasteiger partial charge < -0.3 is 14.8 Å². The van der Waals surface area contributed by atoms with Crippen molar-refractivity contribution >= 4 is 27.3 Å². The first-order chi connectivity index (χ1) is 15.8. The average Bonchev–Trinajstić information content (AvgIpc) is 2.80. The molecule has 0 spiro atoms. The van der Waals surface area contributed by atoms with Crippen molar-refractivity contribution in [1.29, 1.82) is 0 Å². The van der Waals surface area contributed by atoms with Crippen LogP contribution >= 0.6 is 0 Å². The molecule has 0 aromatic heterocycles. The van der Waals surface area contributed by atoms with E-state index in [1.807, 2.05) is 32.0 Å². The molecule has 0 saturated carbocycles. The molecule has 1 amide bonds. The molecule has 0 fully saturated rings. The van der Waals surface area contributed by atoms with E-state index >= 15 is 0 Å². The van der Waals surface area contributed by atoms with Crippen molar-refractivity contribution in [3.63, 3.8) is 0 Å². The number of carbonyl (C=O) groups is 1. The molecule has 7 nitrogen and oxygen atoms in total. The number of hydrogen-bond donors (Lipinski definition) is 2. The van der Waals surface area contributed by atoms with E-state index in [-0.39, 0.29) is 16.5 Å². The fourth-order valence-electron chi connectivity index (χ4n) is 3.36. The molecule has 3 rings (SSSR count). The van der Waals surface area contributed by atoms with Crippen LogP contribution in [0.4, 0.5) is 11.4 Å². The maximum Gasteiger partial charge on any atom is 0.262 e. The van der Waals surface area contributed by atoms with Crippen LogP contribution in [0.2, 0.25) is 0 Å². The maximum absolute atomic E-state index is 13.0. The van der Waals surface area contributed by atoms with E-state index in [4.69, 9.17) is 9.47 Å². The van der Waals surface area contributed by atoms with Gasteiger partial charge in [-0.2, -0.15) is 0 Å². The highest BCUT2D eigenvalue weighted by atomic mass is 32.2. The molecular weight excluding hydrogens is 440 g/mol. The number of rotatable bonds is 9. The molecule has 8 heteroatoms. The van der Waals surface area contributed by atoms with Gasteiger partial charge in [0.25, 0.3) is 10.0 Å². The first-order valence-electron chi connectivity index (χ1n) is 10.5. The van der Waals surface area contributed by atoms with Crippen molar-refractivity contribution in [2.75, 3.05) is 24.3 Å². The van der Waals surface area contributed by atoms with Gasteiger partial charge >= 0.3 is 0 Å². The zero-order valence-corrected chi connectivity index (χ0v) is 20.0. The summed E-state index contributed by atoms with van der Waals surface area (Å²) < 4.78 is 39.0. The minimum Gasteiger partial charge on any atom is -0.497 e. The van der Waals surface area contributed by atoms with Gasteiger partial charge in [-0.15, -0.1) is 0 Å². The molecule has 0 heterocycles. The second kappa shape index (κ2) is 10.4. The van der Waals surface area contributed by atoms with Gasteiger partial charge in [0.2, 0.25) is 5.91 Å². The van der Waals surface area contributed by atoms with Crippen LogP contribution in [-0.2, 0) is 14.8 Å². The third kappa shape index (κ3) is 5.84. The highest BCUT2D eigenvalue weighted by Crippen LogP contribution is 2.33. The van der Waals surface area contributed by atoms with Crippen LogP contribution < -0.4 is 19.5 Å². The molecule has 3 aromatic carbocycles. The molecule has 0 bridgehead atoms. The standard InChI is InChI=1S/C25H28N2O5S/c1-5-6-25(28)26-22-13-7-17(2)15-21(22)18-8-11-20(12-9-18)33(29,30)27-23-16-19(31-3)10-14-24(23)32-4/h7-16,27H,5-6H2,1-4H3,(H,26,28). The third-order valence-corrected chi connectivity index (χ3v) is 6.43. The molecule has 3 aromatic rings. The Morgan fingerprint density at radius 1 is 0.909 bits per heavy atom. The number of aryl methyl sites for hydroxylation is 1. The number of hydrogen-bond acceptors (Lipinski definition) is 5. The Kier molecular flexibility index (Phi) is 7.60. The summed E-state index contributed by atoms with van der Waals surface area (Å²) in [7, 11) is -0.901. The first kappa shape index (κ1) is 24.1. The summed E-state index contributed by atoms with van der Waals surface area (Å²) in [6.45, 7) is 3.91. The summed E-state index contributed by atoms with van der Waals surface area (Å²) in [5, 5.41) is 2.94. The quantitative estimate of drug-likeness (QED) is 0.449. The maximum atomic E-state index is 13.0. The number of ether oxygens (including phenoxy) is 2. The Balaban J connectivity index is 1.90. The van der Waals surface area contributed by atoms with Crippen LogP contribution in [0.1, 0.15) is 25.3 Å². The molecule has 33 heavy (non-hydrogen) atoms. The highest BCUT2D eigenvalue weighted by molar-refractivity contribution is 7.92. The van der Waals surface area contributed by atoms with Crippen LogP contribution in [0, 0.1) is 6.92 Å². The van der Waals surface area contributed by atoms with Gasteiger partial charge in [-0.3, -0.25) is 9.52 Å².